The fourth-order valence-corrected chi connectivity index (χ4v) is 3.65. The molecular formula is C24H23N5O3. The lowest BCUT2D eigenvalue weighted by Crippen LogP contribution is -2.44. The van der Waals surface area contributed by atoms with Crippen LogP contribution in [0.3, 0.4) is 0 Å². The van der Waals surface area contributed by atoms with E-state index in [0.717, 1.165) is 10.5 Å². The highest BCUT2D eigenvalue weighted by molar-refractivity contribution is 6.06. The van der Waals surface area contributed by atoms with E-state index in [1.54, 1.807) is 24.3 Å². The van der Waals surface area contributed by atoms with Crippen molar-refractivity contribution in [1.82, 2.24) is 14.7 Å². The third kappa shape index (κ3) is 5.11. The van der Waals surface area contributed by atoms with Crippen LogP contribution >= 0.6 is 0 Å². The second-order valence-corrected chi connectivity index (χ2v) is 7.33. The fourth-order valence-electron chi connectivity index (χ4n) is 3.65. The molecule has 0 saturated carbocycles. The van der Waals surface area contributed by atoms with Crippen LogP contribution in [0.1, 0.15) is 30.0 Å². The molecule has 0 N–H and O–H groups in total. The molecule has 2 aromatic carbocycles. The Morgan fingerprint density at radius 3 is 2.03 bits per heavy atom. The van der Waals surface area contributed by atoms with Crippen LogP contribution in [0.4, 0.5) is 4.79 Å². The fraction of sp³-hybridized carbons (Fsp3) is 0.292. The predicted molar refractivity (Wildman–Crippen MR) is 115 cm³/mol. The Morgan fingerprint density at radius 2 is 1.47 bits per heavy atom. The Kier molecular flexibility index (Phi) is 7.55. The molecule has 1 fully saturated rings. The Morgan fingerprint density at radius 1 is 0.906 bits per heavy atom. The van der Waals surface area contributed by atoms with E-state index in [4.69, 9.17) is 10.5 Å². The first-order chi connectivity index (χ1) is 15.6. The maximum atomic E-state index is 13.3. The summed E-state index contributed by atoms with van der Waals surface area (Å²) in [5, 5.41) is 17.7. The Balaban J connectivity index is 1.85. The Bertz CT molecular complexity index is 1020. The lowest BCUT2D eigenvalue weighted by molar-refractivity contribution is -0.137. The van der Waals surface area contributed by atoms with Crippen molar-refractivity contribution in [1.29, 1.82) is 10.5 Å². The number of hydrogen-bond acceptors (Lipinski definition) is 5. The van der Waals surface area contributed by atoms with E-state index in [1.807, 2.05) is 48.5 Å². The number of hydrogen-bond donors (Lipinski definition) is 0. The molecule has 1 aliphatic rings. The third-order valence-corrected chi connectivity index (χ3v) is 5.23. The highest BCUT2D eigenvalue weighted by Gasteiger charge is 2.46. The smallest absolute Gasteiger partial charge is 0.328 e. The summed E-state index contributed by atoms with van der Waals surface area (Å²) in [7, 11) is 0. The minimum absolute atomic E-state index is 0.103. The van der Waals surface area contributed by atoms with Crippen LogP contribution in [0.15, 0.2) is 60.7 Å². The van der Waals surface area contributed by atoms with Gasteiger partial charge >= 0.3 is 6.03 Å². The van der Waals surface area contributed by atoms with Crippen LogP contribution in [-0.4, -0.2) is 52.2 Å². The number of nitrogens with zero attached hydrogens (tertiary/aromatic N) is 5. The molecule has 1 saturated heterocycles. The van der Waals surface area contributed by atoms with Crippen molar-refractivity contribution >= 4 is 17.8 Å². The van der Waals surface area contributed by atoms with Crippen molar-refractivity contribution < 1.29 is 14.4 Å². The van der Waals surface area contributed by atoms with Crippen molar-refractivity contribution in [2.24, 2.45) is 0 Å². The second-order valence-electron chi connectivity index (χ2n) is 7.33. The van der Waals surface area contributed by atoms with Gasteiger partial charge in [0.15, 0.2) is 0 Å². The summed E-state index contributed by atoms with van der Waals surface area (Å²) in [6.07, 6.45) is 0.206. The first kappa shape index (κ1) is 22.5. The molecule has 4 amide bonds. The summed E-state index contributed by atoms with van der Waals surface area (Å²) in [6.45, 7) is 0.0809. The standard InChI is InChI=1S/C24H23N5O3/c25-13-7-15-27(16-8-14-26)21(30)18-29-23(31)22(20-11-5-2-6-12-20)28(24(29)32)17-19-9-3-1-4-10-19/h1-6,9-12,22H,7-8,15-18H2. The summed E-state index contributed by atoms with van der Waals surface area (Å²) in [5.74, 6) is -0.934. The number of rotatable bonds is 9. The topological polar surface area (TPSA) is 109 Å². The van der Waals surface area contributed by atoms with Gasteiger partial charge < -0.3 is 9.80 Å². The number of carbonyl (C=O) groups excluding carboxylic acids is 3. The molecule has 1 atom stereocenters. The number of benzene rings is 2. The van der Waals surface area contributed by atoms with Gasteiger partial charge in [-0.1, -0.05) is 60.7 Å². The van der Waals surface area contributed by atoms with Crippen LogP contribution in [0.2, 0.25) is 0 Å². The lowest BCUT2D eigenvalue weighted by Gasteiger charge is -2.23. The molecule has 8 heteroatoms. The lowest BCUT2D eigenvalue weighted by atomic mass is 10.1. The van der Waals surface area contributed by atoms with Gasteiger partial charge in [-0.2, -0.15) is 10.5 Å². The molecular weight excluding hydrogens is 406 g/mol. The number of nitriles is 2. The molecule has 1 heterocycles. The van der Waals surface area contributed by atoms with E-state index >= 15 is 0 Å². The van der Waals surface area contributed by atoms with Crippen LogP contribution in [0.5, 0.6) is 0 Å². The first-order valence-electron chi connectivity index (χ1n) is 10.3. The summed E-state index contributed by atoms with van der Waals surface area (Å²) < 4.78 is 0. The van der Waals surface area contributed by atoms with Gasteiger partial charge in [0.2, 0.25) is 5.91 Å². The SMILES string of the molecule is N#CCCN(CCC#N)C(=O)CN1C(=O)C(c2ccccc2)N(Cc2ccccc2)C1=O. The monoisotopic (exact) mass is 429 g/mol. The summed E-state index contributed by atoms with van der Waals surface area (Å²) in [6, 6.07) is 20.9. The van der Waals surface area contributed by atoms with Crippen molar-refractivity contribution in [3.05, 3.63) is 71.8 Å². The number of carbonyl (C=O) groups is 3. The summed E-state index contributed by atoms with van der Waals surface area (Å²) in [5.41, 5.74) is 1.54. The predicted octanol–water partition coefficient (Wildman–Crippen LogP) is 2.85. The minimum atomic E-state index is -0.830. The third-order valence-electron chi connectivity index (χ3n) is 5.23. The number of imide groups is 1. The van der Waals surface area contributed by atoms with Crippen LogP contribution in [0.25, 0.3) is 0 Å². The van der Waals surface area contributed by atoms with Gasteiger partial charge in [-0.25, -0.2) is 4.79 Å². The molecule has 32 heavy (non-hydrogen) atoms. The zero-order valence-corrected chi connectivity index (χ0v) is 17.6. The van der Waals surface area contributed by atoms with Gasteiger partial charge in [0.1, 0.15) is 12.6 Å². The minimum Gasteiger partial charge on any atom is -0.339 e. The highest BCUT2D eigenvalue weighted by atomic mass is 16.2. The quantitative estimate of drug-likeness (QED) is 0.570. The molecule has 0 aromatic heterocycles. The van der Waals surface area contributed by atoms with E-state index in [0.29, 0.717) is 5.56 Å². The Labute approximate surface area is 186 Å². The first-order valence-corrected chi connectivity index (χ1v) is 10.3. The largest absolute Gasteiger partial charge is 0.339 e. The zero-order chi connectivity index (χ0) is 22.9. The van der Waals surface area contributed by atoms with Crippen LogP contribution < -0.4 is 0 Å². The molecule has 1 unspecified atom stereocenters. The highest BCUT2D eigenvalue weighted by Crippen LogP contribution is 2.32. The van der Waals surface area contributed by atoms with Crippen LogP contribution in [0, 0.1) is 22.7 Å². The molecule has 162 valence electrons. The maximum Gasteiger partial charge on any atom is 0.328 e. The van der Waals surface area contributed by atoms with Gasteiger partial charge in [-0.05, 0) is 11.1 Å². The zero-order valence-electron chi connectivity index (χ0n) is 17.6. The van der Waals surface area contributed by atoms with Crippen molar-refractivity contribution in [2.75, 3.05) is 19.6 Å². The molecule has 0 radical (unpaired) electrons. The maximum absolute atomic E-state index is 13.3. The van der Waals surface area contributed by atoms with Crippen LogP contribution in [-0.2, 0) is 16.1 Å². The van der Waals surface area contributed by atoms with Crippen molar-refractivity contribution in [3.8, 4) is 12.1 Å². The Hall–Kier alpha value is -4.17. The molecule has 8 nitrogen and oxygen atoms in total. The summed E-state index contributed by atoms with van der Waals surface area (Å²) in [4.78, 5) is 43.2. The molecule has 0 spiro atoms. The van der Waals surface area contributed by atoms with Gasteiger partial charge in [0.25, 0.3) is 5.91 Å². The second kappa shape index (κ2) is 10.7. The van der Waals surface area contributed by atoms with Gasteiger partial charge in [-0.15, -0.1) is 0 Å². The van der Waals surface area contributed by atoms with E-state index in [1.165, 1.54) is 9.80 Å². The molecule has 0 aliphatic carbocycles. The molecule has 1 aliphatic heterocycles. The average Bonchev–Trinajstić information content (AvgIpc) is 3.04. The van der Waals surface area contributed by atoms with Gasteiger partial charge in [0, 0.05) is 19.6 Å². The van der Waals surface area contributed by atoms with Gasteiger partial charge in [0.05, 0.1) is 25.0 Å². The van der Waals surface area contributed by atoms with Crippen molar-refractivity contribution in [3.63, 3.8) is 0 Å². The molecule has 2 aromatic rings. The number of amides is 4. The average molecular weight is 429 g/mol. The van der Waals surface area contributed by atoms with E-state index < -0.39 is 30.4 Å². The normalized spacial score (nSPS) is 15.4. The van der Waals surface area contributed by atoms with Gasteiger partial charge in [-0.3, -0.25) is 14.5 Å². The van der Waals surface area contributed by atoms with E-state index in [2.05, 4.69) is 0 Å². The van der Waals surface area contributed by atoms with E-state index in [9.17, 15) is 14.4 Å². The van der Waals surface area contributed by atoms with Crippen molar-refractivity contribution in [2.45, 2.75) is 25.4 Å². The molecule has 3 rings (SSSR count). The molecule has 0 bridgehead atoms. The van der Waals surface area contributed by atoms with E-state index in [-0.39, 0.29) is 32.5 Å². The number of urea groups is 1. The summed E-state index contributed by atoms with van der Waals surface area (Å²) >= 11 is 0.